The van der Waals surface area contributed by atoms with Crippen LogP contribution in [-0.2, 0) is 19.8 Å². The lowest BCUT2D eigenvalue weighted by Gasteiger charge is -2.11. The van der Waals surface area contributed by atoms with Gasteiger partial charge in [-0.05, 0) is 29.3 Å². The Bertz CT molecular complexity index is 1650. The smallest absolute Gasteiger partial charge is 0.267 e. The molecule has 13 heteroatoms. The number of aryl methyl sites for hydroxylation is 1. The number of benzene rings is 1. The van der Waals surface area contributed by atoms with Gasteiger partial charge in [-0.25, -0.2) is 19.1 Å². The van der Waals surface area contributed by atoms with Gasteiger partial charge in [0.25, 0.3) is 5.56 Å². The maximum Gasteiger partial charge on any atom is 0.433 e. The predicted molar refractivity (Wildman–Crippen MR) is 125 cm³/mol. The SMILES string of the molecule is Cn1c(=O)c(-c2ccc(Cl)cc2)c(-c2nccs2)c2nn(Cc3ccc(C(F)(F)F)nc3)c(=O)n21. The number of alkyl halides is 3. The molecular weight excluding hydrogens is 505 g/mol. The van der Waals surface area contributed by atoms with Gasteiger partial charge in [0.2, 0.25) is 0 Å². The van der Waals surface area contributed by atoms with E-state index in [1.165, 1.54) is 24.5 Å². The molecule has 0 saturated heterocycles. The highest BCUT2D eigenvalue weighted by atomic mass is 35.5. The molecule has 8 nitrogen and oxygen atoms in total. The first-order chi connectivity index (χ1) is 16.6. The number of pyridine rings is 1. The maximum absolute atomic E-state index is 13.4. The van der Waals surface area contributed by atoms with Crippen molar-refractivity contribution in [1.82, 2.24) is 28.9 Å². The third-order valence-corrected chi connectivity index (χ3v) is 6.37. The van der Waals surface area contributed by atoms with Gasteiger partial charge >= 0.3 is 11.9 Å². The monoisotopic (exact) mass is 518 g/mol. The van der Waals surface area contributed by atoms with Crippen molar-refractivity contribution in [2.24, 2.45) is 7.05 Å². The summed E-state index contributed by atoms with van der Waals surface area (Å²) in [5.74, 6) is 0. The maximum atomic E-state index is 13.4. The van der Waals surface area contributed by atoms with Gasteiger partial charge in [-0.15, -0.1) is 16.4 Å². The summed E-state index contributed by atoms with van der Waals surface area (Å²) >= 11 is 7.29. The highest BCUT2D eigenvalue weighted by molar-refractivity contribution is 7.13. The normalized spacial score (nSPS) is 11.9. The van der Waals surface area contributed by atoms with Gasteiger partial charge in [0.15, 0.2) is 5.65 Å². The van der Waals surface area contributed by atoms with E-state index in [0.717, 1.165) is 26.1 Å². The fraction of sp³-hybridized carbons (Fsp3) is 0.136. The first-order valence-electron chi connectivity index (χ1n) is 10.1. The number of fused-ring (bicyclic) bond motifs is 1. The molecule has 4 heterocycles. The van der Waals surface area contributed by atoms with Gasteiger partial charge in [0, 0.05) is 29.8 Å². The van der Waals surface area contributed by atoms with Crippen molar-refractivity contribution in [3.8, 4) is 21.7 Å². The Labute approximate surface area is 203 Å². The lowest BCUT2D eigenvalue weighted by atomic mass is 10.0. The topological polar surface area (TPSA) is 87.1 Å². The highest BCUT2D eigenvalue weighted by Crippen LogP contribution is 2.34. The molecule has 0 N–H and O–H groups in total. The van der Waals surface area contributed by atoms with Crippen molar-refractivity contribution in [2.45, 2.75) is 12.7 Å². The number of nitrogens with zero attached hydrogens (tertiary/aromatic N) is 6. The molecule has 0 atom stereocenters. The van der Waals surface area contributed by atoms with Crippen LogP contribution in [0.2, 0.25) is 5.02 Å². The molecule has 5 rings (SSSR count). The zero-order chi connectivity index (χ0) is 24.9. The molecule has 1 aromatic carbocycles. The van der Waals surface area contributed by atoms with Crippen LogP contribution >= 0.6 is 22.9 Å². The van der Waals surface area contributed by atoms with Crippen molar-refractivity contribution in [3.05, 3.63) is 91.3 Å². The van der Waals surface area contributed by atoms with Gasteiger partial charge in [0.1, 0.15) is 10.7 Å². The Hall–Kier alpha value is -3.77. The van der Waals surface area contributed by atoms with Crippen molar-refractivity contribution in [2.75, 3.05) is 0 Å². The summed E-state index contributed by atoms with van der Waals surface area (Å²) in [6.07, 6.45) is -1.96. The summed E-state index contributed by atoms with van der Waals surface area (Å²) in [5.41, 5.74) is -0.394. The van der Waals surface area contributed by atoms with E-state index in [-0.39, 0.29) is 12.2 Å². The molecule has 0 fully saturated rings. The second-order valence-electron chi connectivity index (χ2n) is 7.55. The lowest BCUT2D eigenvalue weighted by molar-refractivity contribution is -0.141. The third-order valence-electron chi connectivity index (χ3n) is 5.33. The summed E-state index contributed by atoms with van der Waals surface area (Å²) in [6.45, 7) is -0.145. The van der Waals surface area contributed by atoms with E-state index in [4.69, 9.17) is 11.6 Å². The van der Waals surface area contributed by atoms with Crippen molar-refractivity contribution >= 4 is 28.6 Å². The molecule has 5 aromatic rings. The average molecular weight is 519 g/mol. The van der Waals surface area contributed by atoms with E-state index in [0.29, 0.717) is 32.3 Å². The molecule has 0 aliphatic rings. The summed E-state index contributed by atoms with van der Waals surface area (Å²) in [5, 5.41) is 7.14. The highest BCUT2D eigenvalue weighted by Gasteiger charge is 2.32. The van der Waals surface area contributed by atoms with Gasteiger partial charge in [-0.3, -0.25) is 9.78 Å². The lowest BCUT2D eigenvalue weighted by Crippen LogP contribution is -2.33. The molecule has 0 aliphatic heterocycles. The molecule has 35 heavy (non-hydrogen) atoms. The molecule has 0 unspecified atom stereocenters. The largest absolute Gasteiger partial charge is 0.433 e. The minimum atomic E-state index is -4.57. The summed E-state index contributed by atoms with van der Waals surface area (Å²) in [4.78, 5) is 34.4. The Morgan fingerprint density at radius 2 is 1.77 bits per heavy atom. The fourth-order valence-corrected chi connectivity index (χ4v) is 4.50. The van der Waals surface area contributed by atoms with Gasteiger partial charge < -0.3 is 0 Å². The Kier molecular flexibility index (Phi) is 5.56. The standard InChI is InChI=1S/C22H14ClF3N6O2S/c1-30-20(33)16(13-3-5-14(23)6-4-13)17(19-27-8-9-35-19)18-29-31(21(34)32(18)30)11-12-2-7-15(28-10-12)22(24,25)26/h2-10H,11H2,1H3. The number of thiazole rings is 1. The van der Waals surface area contributed by atoms with Crippen LogP contribution in [0.1, 0.15) is 11.3 Å². The van der Waals surface area contributed by atoms with E-state index in [9.17, 15) is 22.8 Å². The van der Waals surface area contributed by atoms with Crippen LogP contribution < -0.4 is 11.2 Å². The minimum absolute atomic E-state index is 0.145. The van der Waals surface area contributed by atoms with Crippen LogP contribution in [0.4, 0.5) is 13.2 Å². The van der Waals surface area contributed by atoms with Gasteiger partial charge in [-0.1, -0.05) is 29.8 Å². The van der Waals surface area contributed by atoms with Gasteiger partial charge in [-0.2, -0.15) is 17.7 Å². The number of hydrogen-bond acceptors (Lipinski definition) is 6. The van der Waals surface area contributed by atoms with Crippen molar-refractivity contribution in [3.63, 3.8) is 0 Å². The first kappa shape index (κ1) is 23.0. The molecule has 0 spiro atoms. The molecule has 0 saturated carbocycles. The second-order valence-corrected chi connectivity index (χ2v) is 8.88. The predicted octanol–water partition coefficient (Wildman–Crippen LogP) is 4.10. The van der Waals surface area contributed by atoms with Crippen molar-refractivity contribution < 1.29 is 13.2 Å². The van der Waals surface area contributed by atoms with Crippen LogP contribution in [0.5, 0.6) is 0 Å². The molecule has 0 aliphatic carbocycles. The Morgan fingerprint density at radius 1 is 1.03 bits per heavy atom. The third kappa shape index (κ3) is 4.04. The van der Waals surface area contributed by atoms with Crippen LogP contribution in [0.15, 0.2) is 63.8 Å². The number of hydrogen-bond donors (Lipinski definition) is 0. The minimum Gasteiger partial charge on any atom is -0.267 e. The number of aromatic nitrogens is 6. The molecule has 0 amide bonds. The van der Waals surface area contributed by atoms with E-state index < -0.39 is 23.1 Å². The van der Waals surface area contributed by atoms with E-state index in [1.807, 2.05) is 0 Å². The Balaban J connectivity index is 1.73. The van der Waals surface area contributed by atoms with Crippen LogP contribution in [-0.4, -0.2) is 28.9 Å². The molecule has 178 valence electrons. The quantitative estimate of drug-likeness (QED) is 0.357. The zero-order valence-corrected chi connectivity index (χ0v) is 19.4. The van der Waals surface area contributed by atoms with E-state index >= 15 is 0 Å². The first-order valence-corrected chi connectivity index (χ1v) is 11.3. The van der Waals surface area contributed by atoms with Crippen LogP contribution in [0, 0.1) is 0 Å². The number of rotatable bonds is 4. The van der Waals surface area contributed by atoms with E-state index in [2.05, 4.69) is 15.1 Å². The molecule has 0 bridgehead atoms. The summed E-state index contributed by atoms with van der Waals surface area (Å²) in [7, 11) is 1.44. The average Bonchev–Trinajstić information content (AvgIpc) is 3.45. The number of halogens is 4. The summed E-state index contributed by atoms with van der Waals surface area (Å²) < 4.78 is 41.8. The molecule has 0 radical (unpaired) electrons. The van der Waals surface area contributed by atoms with Crippen LogP contribution in [0.3, 0.4) is 0 Å². The van der Waals surface area contributed by atoms with Crippen molar-refractivity contribution in [1.29, 1.82) is 0 Å². The zero-order valence-electron chi connectivity index (χ0n) is 17.8. The second kappa shape index (κ2) is 8.47. The van der Waals surface area contributed by atoms with Gasteiger partial charge in [0.05, 0.1) is 17.7 Å². The molecule has 4 aromatic heterocycles. The summed E-state index contributed by atoms with van der Waals surface area (Å²) in [6, 6.07) is 8.74. The van der Waals surface area contributed by atoms with Crippen LogP contribution in [0.25, 0.3) is 27.3 Å². The fourth-order valence-electron chi connectivity index (χ4n) is 3.69. The molecular formula is C22H14ClF3N6O2S. The Morgan fingerprint density at radius 3 is 2.37 bits per heavy atom. The van der Waals surface area contributed by atoms with E-state index in [1.54, 1.807) is 35.8 Å².